The summed E-state index contributed by atoms with van der Waals surface area (Å²) in [7, 11) is 0. The van der Waals surface area contributed by atoms with E-state index in [0.717, 1.165) is 11.2 Å². The molecule has 0 aliphatic carbocycles. The highest BCUT2D eigenvalue weighted by molar-refractivity contribution is 7.99. The van der Waals surface area contributed by atoms with Gasteiger partial charge in [0, 0.05) is 5.25 Å². The molecule has 0 aromatic heterocycles. The van der Waals surface area contributed by atoms with Crippen LogP contribution in [-0.4, -0.2) is 11.0 Å². The van der Waals surface area contributed by atoms with Crippen LogP contribution in [-0.2, 0) is 0 Å². The van der Waals surface area contributed by atoms with E-state index in [9.17, 15) is 0 Å². The molecule has 0 aromatic rings. The summed E-state index contributed by atoms with van der Waals surface area (Å²) in [4.78, 5) is 0. The highest BCUT2D eigenvalue weighted by Crippen LogP contribution is 2.18. The van der Waals surface area contributed by atoms with E-state index in [2.05, 4.69) is 39.5 Å². The van der Waals surface area contributed by atoms with Crippen molar-refractivity contribution < 1.29 is 0 Å². The third-order valence-corrected chi connectivity index (χ3v) is 3.24. The molecule has 1 unspecified atom stereocenters. The molecular formula is C8H18S. The standard InChI is InChI=1S/C8H18S/c1-5-6-9-8(4)7(2)3/h7-8H,5-6H2,1-4H3. The average molecular weight is 146 g/mol. The van der Waals surface area contributed by atoms with Crippen LogP contribution in [0.4, 0.5) is 0 Å². The first-order valence-corrected chi connectivity index (χ1v) is 4.85. The predicted octanol–water partition coefficient (Wildman–Crippen LogP) is 3.17. The van der Waals surface area contributed by atoms with Gasteiger partial charge in [-0.15, -0.1) is 0 Å². The molecule has 0 saturated carbocycles. The van der Waals surface area contributed by atoms with Gasteiger partial charge in [-0.3, -0.25) is 0 Å². The molecule has 0 rings (SSSR count). The van der Waals surface area contributed by atoms with E-state index in [1.807, 2.05) is 0 Å². The van der Waals surface area contributed by atoms with Crippen molar-refractivity contribution in [2.75, 3.05) is 5.75 Å². The van der Waals surface area contributed by atoms with Crippen LogP contribution in [0.1, 0.15) is 34.1 Å². The van der Waals surface area contributed by atoms with E-state index in [1.165, 1.54) is 12.2 Å². The van der Waals surface area contributed by atoms with Gasteiger partial charge in [0.1, 0.15) is 0 Å². The van der Waals surface area contributed by atoms with Gasteiger partial charge in [-0.25, -0.2) is 0 Å². The van der Waals surface area contributed by atoms with Crippen LogP contribution < -0.4 is 0 Å². The van der Waals surface area contributed by atoms with Crippen LogP contribution in [0.25, 0.3) is 0 Å². The van der Waals surface area contributed by atoms with Gasteiger partial charge in [-0.2, -0.15) is 11.8 Å². The molecule has 0 aromatic carbocycles. The van der Waals surface area contributed by atoms with Crippen LogP contribution in [0, 0.1) is 5.92 Å². The summed E-state index contributed by atoms with van der Waals surface area (Å²) in [6.07, 6.45) is 1.31. The van der Waals surface area contributed by atoms with E-state index < -0.39 is 0 Å². The Hall–Kier alpha value is 0.350. The second-order valence-electron chi connectivity index (χ2n) is 2.82. The second kappa shape index (κ2) is 5.16. The largest absolute Gasteiger partial charge is 0.159 e. The molecule has 1 heteroatoms. The maximum Gasteiger partial charge on any atom is 0.00417 e. The van der Waals surface area contributed by atoms with E-state index >= 15 is 0 Å². The number of rotatable bonds is 4. The van der Waals surface area contributed by atoms with Crippen LogP contribution >= 0.6 is 11.8 Å². The van der Waals surface area contributed by atoms with Gasteiger partial charge in [0.15, 0.2) is 0 Å². The number of thioether (sulfide) groups is 1. The van der Waals surface area contributed by atoms with Crippen LogP contribution in [0.3, 0.4) is 0 Å². The lowest BCUT2D eigenvalue weighted by atomic mass is 10.2. The normalized spacial score (nSPS) is 14.3. The van der Waals surface area contributed by atoms with Crippen molar-refractivity contribution in [1.29, 1.82) is 0 Å². The number of hydrogen-bond acceptors (Lipinski definition) is 1. The third kappa shape index (κ3) is 4.83. The van der Waals surface area contributed by atoms with Gasteiger partial charge in [-0.1, -0.05) is 27.7 Å². The van der Waals surface area contributed by atoms with E-state index in [4.69, 9.17) is 0 Å². The monoisotopic (exact) mass is 146 g/mol. The molecular weight excluding hydrogens is 128 g/mol. The van der Waals surface area contributed by atoms with Crippen LogP contribution in [0.15, 0.2) is 0 Å². The Morgan fingerprint density at radius 2 is 1.78 bits per heavy atom. The molecule has 0 radical (unpaired) electrons. The minimum Gasteiger partial charge on any atom is -0.159 e. The fourth-order valence-corrected chi connectivity index (χ4v) is 1.49. The zero-order valence-corrected chi connectivity index (χ0v) is 7.79. The van der Waals surface area contributed by atoms with Crippen molar-refractivity contribution in [3.8, 4) is 0 Å². The highest BCUT2D eigenvalue weighted by Gasteiger charge is 2.04. The Kier molecular flexibility index (Phi) is 5.36. The molecule has 0 nitrogen and oxygen atoms in total. The quantitative estimate of drug-likeness (QED) is 0.587. The third-order valence-electron chi connectivity index (χ3n) is 1.52. The lowest BCUT2D eigenvalue weighted by Gasteiger charge is -2.13. The summed E-state index contributed by atoms with van der Waals surface area (Å²) in [6, 6.07) is 0. The molecule has 1 atom stereocenters. The summed E-state index contributed by atoms with van der Waals surface area (Å²) in [6.45, 7) is 9.12. The maximum absolute atomic E-state index is 2.31. The Morgan fingerprint density at radius 3 is 2.11 bits per heavy atom. The Labute approximate surface area is 63.4 Å². The van der Waals surface area contributed by atoms with Gasteiger partial charge in [0.2, 0.25) is 0 Å². The first-order chi connectivity index (χ1) is 4.18. The Bertz CT molecular complexity index is 59.6. The van der Waals surface area contributed by atoms with Crippen LogP contribution in [0.5, 0.6) is 0 Å². The molecule has 9 heavy (non-hydrogen) atoms. The first kappa shape index (κ1) is 9.35. The summed E-state index contributed by atoms with van der Waals surface area (Å²) in [5.74, 6) is 2.15. The topological polar surface area (TPSA) is 0 Å². The molecule has 0 bridgehead atoms. The molecule has 0 amide bonds. The molecule has 56 valence electrons. The minimum atomic E-state index is 0.835. The lowest BCUT2D eigenvalue weighted by Crippen LogP contribution is -2.05. The average Bonchev–Trinajstić information content (AvgIpc) is 1.82. The van der Waals surface area contributed by atoms with Crippen molar-refractivity contribution in [2.24, 2.45) is 5.92 Å². The van der Waals surface area contributed by atoms with E-state index in [0.29, 0.717) is 0 Å². The molecule has 0 heterocycles. The van der Waals surface area contributed by atoms with Crippen molar-refractivity contribution in [2.45, 2.75) is 39.4 Å². The molecule has 0 fully saturated rings. The second-order valence-corrected chi connectivity index (χ2v) is 4.31. The minimum absolute atomic E-state index is 0.835. The van der Waals surface area contributed by atoms with Gasteiger partial charge in [0.05, 0.1) is 0 Å². The lowest BCUT2D eigenvalue weighted by molar-refractivity contribution is 0.642. The van der Waals surface area contributed by atoms with Gasteiger partial charge in [0.25, 0.3) is 0 Å². The van der Waals surface area contributed by atoms with Crippen molar-refractivity contribution in [1.82, 2.24) is 0 Å². The Morgan fingerprint density at radius 1 is 1.22 bits per heavy atom. The SMILES string of the molecule is CCCSC(C)C(C)C. The fourth-order valence-electron chi connectivity index (χ4n) is 0.496. The van der Waals surface area contributed by atoms with Crippen LogP contribution in [0.2, 0.25) is 0 Å². The maximum atomic E-state index is 2.31. The highest BCUT2D eigenvalue weighted by atomic mass is 32.2. The van der Waals surface area contributed by atoms with Gasteiger partial charge >= 0.3 is 0 Å². The van der Waals surface area contributed by atoms with Gasteiger partial charge in [-0.05, 0) is 18.1 Å². The molecule has 0 saturated heterocycles. The molecule has 0 aliphatic rings. The summed E-state index contributed by atoms with van der Waals surface area (Å²) < 4.78 is 0. The van der Waals surface area contributed by atoms with Crippen molar-refractivity contribution >= 4 is 11.8 Å². The number of hydrogen-bond donors (Lipinski definition) is 0. The predicted molar refractivity (Wildman–Crippen MR) is 47.0 cm³/mol. The van der Waals surface area contributed by atoms with Gasteiger partial charge < -0.3 is 0 Å². The molecule has 0 spiro atoms. The van der Waals surface area contributed by atoms with E-state index in [1.54, 1.807) is 0 Å². The zero-order valence-electron chi connectivity index (χ0n) is 6.98. The fraction of sp³-hybridized carbons (Fsp3) is 1.00. The van der Waals surface area contributed by atoms with E-state index in [-0.39, 0.29) is 0 Å². The smallest absolute Gasteiger partial charge is 0.00417 e. The van der Waals surface area contributed by atoms with Crippen molar-refractivity contribution in [3.05, 3.63) is 0 Å². The Balaban J connectivity index is 3.16. The summed E-state index contributed by atoms with van der Waals surface area (Å²) >= 11 is 2.08. The van der Waals surface area contributed by atoms with Crippen molar-refractivity contribution in [3.63, 3.8) is 0 Å². The summed E-state index contributed by atoms with van der Waals surface area (Å²) in [5.41, 5.74) is 0. The summed E-state index contributed by atoms with van der Waals surface area (Å²) in [5, 5.41) is 0.838. The molecule has 0 N–H and O–H groups in total. The zero-order chi connectivity index (χ0) is 7.28. The molecule has 0 aliphatic heterocycles. The first-order valence-electron chi connectivity index (χ1n) is 3.80.